The Bertz CT molecular complexity index is 901. The molecule has 1 fully saturated rings. The molecule has 6 nitrogen and oxygen atoms in total. The lowest BCUT2D eigenvalue weighted by molar-refractivity contribution is 0.106. The lowest BCUT2D eigenvalue weighted by Gasteiger charge is -2.32. The monoisotopic (exact) mass is 372 g/mol. The van der Waals surface area contributed by atoms with E-state index < -0.39 is 6.09 Å². The third-order valence-electron chi connectivity index (χ3n) is 4.80. The molecule has 2 N–H and O–H groups in total. The van der Waals surface area contributed by atoms with Crippen LogP contribution < -0.4 is 5.32 Å². The summed E-state index contributed by atoms with van der Waals surface area (Å²) in [6.07, 6.45) is -0.239. The number of hydrogen-bond donors (Lipinski definition) is 2. The Kier molecular flexibility index (Phi) is 4.68. The van der Waals surface area contributed by atoms with Crippen LogP contribution in [0, 0.1) is 16.7 Å². The van der Waals surface area contributed by atoms with Crippen LogP contribution in [0.3, 0.4) is 0 Å². The van der Waals surface area contributed by atoms with Crippen LogP contribution >= 0.6 is 11.6 Å². The average molecular weight is 373 g/mol. The zero-order valence-electron chi connectivity index (χ0n) is 15.0. The zero-order valence-corrected chi connectivity index (χ0v) is 15.7. The first kappa shape index (κ1) is 18.3. The molecule has 7 heteroatoms. The van der Waals surface area contributed by atoms with E-state index in [0.29, 0.717) is 29.5 Å². The standard InChI is InChI=1S/C19H21ClN4O2/c1-19(2,3)16-8-14(10-24(16)18(25)26)23-17-15-7-12(20)5-4-11(15)6-13(9-21)22-17/h4-7,14,16H,8,10H2,1-3H3,(H,22,23)(H,25,26). The minimum Gasteiger partial charge on any atom is -0.465 e. The van der Waals surface area contributed by atoms with Crippen LogP contribution in [0.25, 0.3) is 10.8 Å². The highest BCUT2D eigenvalue weighted by molar-refractivity contribution is 6.31. The summed E-state index contributed by atoms with van der Waals surface area (Å²) in [6.45, 7) is 6.50. The Hall–Kier alpha value is -2.52. The molecule has 0 spiro atoms. The smallest absolute Gasteiger partial charge is 0.407 e. The molecule has 26 heavy (non-hydrogen) atoms. The number of likely N-dealkylation sites (tertiary alicyclic amines) is 1. The number of carbonyl (C=O) groups is 1. The third-order valence-corrected chi connectivity index (χ3v) is 5.03. The topological polar surface area (TPSA) is 89.3 Å². The molecule has 2 aromatic rings. The largest absolute Gasteiger partial charge is 0.465 e. The summed E-state index contributed by atoms with van der Waals surface area (Å²) in [5.41, 5.74) is 0.144. The van der Waals surface area contributed by atoms with Crippen LogP contribution in [0.5, 0.6) is 0 Å². The summed E-state index contributed by atoms with van der Waals surface area (Å²) in [5.74, 6) is 0.562. The predicted octanol–water partition coefficient (Wildman–Crippen LogP) is 4.34. The van der Waals surface area contributed by atoms with Crippen molar-refractivity contribution in [1.29, 1.82) is 5.26 Å². The van der Waals surface area contributed by atoms with Crippen molar-refractivity contribution in [3.05, 3.63) is 35.0 Å². The van der Waals surface area contributed by atoms with Crippen molar-refractivity contribution in [2.75, 3.05) is 11.9 Å². The van der Waals surface area contributed by atoms with E-state index in [1.165, 1.54) is 4.90 Å². The van der Waals surface area contributed by atoms with Crippen LogP contribution in [-0.2, 0) is 0 Å². The third kappa shape index (κ3) is 3.54. The number of nitrogens with one attached hydrogen (secondary N) is 1. The SMILES string of the molecule is CC(C)(C)C1CC(Nc2nc(C#N)cc3ccc(Cl)cc23)CN1C(=O)O. The number of carboxylic acid groups (broad SMARTS) is 1. The number of amides is 1. The Balaban J connectivity index is 1.95. The molecular weight excluding hydrogens is 352 g/mol. The second kappa shape index (κ2) is 6.65. The highest BCUT2D eigenvalue weighted by atomic mass is 35.5. The van der Waals surface area contributed by atoms with Crippen molar-refractivity contribution in [3.8, 4) is 6.07 Å². The summed E-state index contributed by atoms with van der Waals surface area (Å²) in [7, 11) is 0. The van der Waals surface area contributed by atoms with Crippen molar-refractivity contribution < 1.29 is 9.90 Å². The lowest BCUT2D eigenvalue weighted by atomic mass is 9.85. The fourth-order valence-electron chi connectivity index (χ4n) is 3.55. The number of anilines is 1. The summed E-state index contributed by atoms with van der Waals surface area (Å²) in [5, 5.41) is 24.4. The number of halogens is 1. The number of hydrogen-bond acceptors (Lipinski definition) is 4. The predicted molar refractivity (Wildman–Crippen MR) is 101 cm³/mol. The van der Waals surface area contributed by atoms with Gasteiger partial charge < -0.3 is 15.3 Å². The zero-order chi connectivity index (χ0) is 19.1. The number of fused-ring (bicyclic) bond motifs is 1. The van der Waals surface area contributed by atoms with E-state index in [-0.39, 0.29) is 17.5 Å². The molecule has 1 aromatic carbocycles. The number of pyridine rings is 1. The molecule has 0 saturated carbocycles. The van der Waals surface area contributed by atoms with Gasteiger partial charge in [0.25, 0.3) is 0 Å². The number of rotatable bonds is 2. The van der Waals surface area contributed by atoms with Crippen LogP contribution in [0.15, 0.2) is 24.3 Å². The van der Waals surface area contributed by atoms with Crippen LogP contribution in [-0.4, -0.2) is 39.7 Å². The van der Waals surface area contributed by atoms with Crippen molar-refractivity contribution >= 4 is 34.3 Å². The van der Waals surface area contributed by atoms with Gasteiger partial charge in [-0.1, -0.05) is 38.4 Å². The average Bonchev–Trinajstić information content (AvgIpc) is 2.99. The summed E-state index contributed by atoms with van der Waals surface area (Å²) in [6, 6.07) is 9.03. The van der Waals surface area contributed by atoms with E-state index in [1.54, 1.807) is 18.2 Å². The fourth-order valence-corrected chi connectivity index (χ4v) is 3.73. The number of benzene rings is 1. The van der Waals surface area contributed by atoms with E-state index in [2.05, 4.69) is 16.4 Å². The second-order valence-electron chi connectivity index (χ2n) is 7.73. The highest BCUT2D eigenvalue weighted by Gasteiger charge is 2.41. The van der Waals surface area contributed by atoms with Crippen molar-refractivity contribution in [2.45, 2.75) is 39.3 Å². The van der Waals surface area contributed by atoms with Crippen LogP contribution in [0.4, 0.5) is 10.6 Å². The Morgan fingerprint density at radius 2 is 2.15 bits per heavy atom. The molecule has 0 bridgehead atoms. The molecule has 1 aromatic heterocycles. The molecular formula is C19H21ClN4O2. The highest BCUT2D eigenvalue weighted by Crippen LogP contribution is 2.35. The van der Waals surface area contributed by atoms with Crippen molar-refractivity contribution in [1.82, 2.24) is 9.88 Å². The molecule has 0 aliphatic carbocycles. The molecule has 2 atom stereocenters. The first-order chi connectivity index (χ1) is 12.2. The molecule has 1 amide bonds. The van der Waals surface area contributed by atoms with Gasteiger partial charge in [0.1, 0.15) is 17.6 Å². The molecule has 1 saturated heterocycles. The normalized spacial score (nSPS) is 20.2. The maximum atomic E-state index is 11.6. The summed E-state index contributed by atoms with van der Waals surface area (Å²) >= 11 is 6.12. The van der Waals surface area contributed by atoms with Gasteiger partial charge in [-0.05, 0) is 35.4 Å². The maximum Gasteiger partial charge on any atom is 0.407 e. The van der Waals surface area contributed by atoms with Gasteiger partial charge >= 0.3 is 6.09 Å². The van der Waals surface area contributed by atoms with Crippen LogP contribution in [0.2, 0.25) is 5.02 Å². The number of nitrogens with zero attached hydrogens (tertiary/aromatic N) is 3. The van der Waals surface area contributed by atoms with Gasteiger partial charge in [-0.25, -0.2) is 9.78 Å². The Morgan fingerprint density at radius 1 is 1.42 bits per heavy atom. The molecule has 136 valence electrons. The molecule has 0 radical (unpaired) electrons. The minimum absolute atomic E-state index is 0.0843. The first-order valence-corrected chi connectivity index (χ1v) is 8.83. The molecule has 1 aliphatic heterocycles. The minimum atomic E-state index is -0.916. The van der Waals surface area contributed by atoms with Gasteiger partial charge in [0.15, 0.2) is 0 Å². The molecule has 1 aliphatic rings. The maximum absolute atomic E-state index is 11.6. The molecule has 3 rings (SSSR count). The fraction of sp³-hybridized carbons (Fsp3) is 0.421. The molecule has 2 unspecified atom stereocenters. The Labute approximate surface area is 157 Å². The lowest BCUT2D eigenvalue weighted by Crippen LogP contribution is -2.42. The number of nitriles is 1. The van der Waals surface area contributed by atoms with Gasteiger partial charge in [0.2, 0.25) is 0 Å². The first-order valence-electron chi connectivity index (χ1n) is 8.45. The van der Waals surface area contributed by atoms with Gasteiger partial charge in [-0.15, -0.1) is 0 Å². The van der Waals surface area contributed by atoms with E-state index in [0.717, 1.165) is 10.8 Å². The van der Waals surface area contributed by atoms with E-state index in [1.807, 2.05) is 26.8 Å². The van der Waals surface area contributed by atoms with Gasteiger partial charge in [-0.2, -0.15) is 5.26 Å². The molecule has 2 heterocycles. The summed E-state index contributed by atoms with van der Waals surface area (Å²) < 4.78 is 0. The van der Waals surface area contributed by atoms with Gasteiger partial charge in [-0.3, -0.25) is 0 Å². The van der Waals surface area contributed by atoms with Crippen molar-refractivity contribution in [2.24, 2.45) is 5.41 Å². The van der Waals surface area contributed by atoms with E-state index in [4.69, 9.17) is 11.6 Å². The van der Waals surface area contributed by atoms with E-state index >= 15 is 0 Å². The quantitative estimate of drug-likeness (QED) is 0.818. The van der Waals surface area contributed by atoms with Crippen molar-refractivity contribution in [3.63, 3.8) is 0 Å². The van der Waals surface area contributed by atoms with Crippen LogP contribution in [0.1, 0.15) is 32.9 Å². The van der Waals surface area contributed by atoms with E-state index in [9.17, 15) is 15.2 Å². The van der Waals surface area contributed by atoms with Gasteiger partial charge in [0, 0.05) is 29.0 Å². The summed E-state index contributed by atoms with van der Waals surface area (Å²) in [4.78, 5) is 17.5. The van der Waals surface area contributed by atoms with Gasteiger partial charge in [0.05, 0.1) is 0 Å². The second-order valence-corrected chi connectivity index (χ2v) is 8.16. The number of aromatic nitrogens is 1. The Morgan fingerprint density at radius 3 is 2.73 bits per heavy atom.